The number of benzene rings is 3. The molecule has 0 fully saturated rings. The molecule has 0 radical (unpaired) electrons. The van der Waals surface area contributed by atoms with Gasteiger partial charge in [-0.1, -0.05) is 18.2 Å². The number of para-hydroxylation sites is 1. The fourth-order valence-corrected chi connectivity index (χ4v) is 4.77. The van der Waals surface area contributed by atoms with Gasteiger partial charge in [0.2, 0.25) is 0 Å². The maximum atomic E-state index is 12.1. The molecule has 11 heteroatoms. The number of fused-ring (bicyclic) bond motifs is 3. The monoisotopic (exact) mass is 524 g/mol. The number of carbonyl (C=O) groups excluding carboxylic acids is 1. The van der Waals surface area contributed by atoms with Gasteiger partial charge in [-0.3, -0.25) is 8.51 Å². The molecule has 10 nitrogen and oxygen atoms in total. The van der Waals surface area contributed by atoms with Crippen LogP contribution in [0.3, 0.4) is 0 Å². The lowest BCUT2D eigenvalue weighted by Gasteiger charge is -2.32. The summed E-state index contributed by atoms with van der Waals surface area (Å²) in [4.78, 5) is 24.1. The highest BCUT2D eigenvalue weighted by molar-refractivity contribution is 7.80. The van der Waals surface area contributed by atoms with Crippen molar-refractivity contribution in [1.82, 2.24) is 5.32 Å². The van der Waals surface area contributed by atoms with Crippen molar-refractivity contribution in [3.05, 3.63) is 66.7 Å². The summed E-state index contributed by atoms with van der Waals surface area (Å²) >= 11 is -2.83. The Morgan fingerprint density at radius 3 is 2.49 bits per heavy atom. The molecule has 0 saturated carbocycles. The first-order valence-corrected chi connectivity index (χ1v) is 12.6. The summed E-state index contributed by atoms with van der Waals surface area (Å²) in [6.07, 6.45) is 0.907. The van der Waals surface area contributed by atoms with Crippen LogP contribution in [0.4, 0.5) is 16.2 Å². The van der Waals surface area contributed by atoms with E-state index in [1.807, 2.05) is 24.3 Å². The van der Waals surface area contributed by atoms with Crippen molar-refractivity contribution >= 4 is 56.6 Å². The molecule has 1 aromatic heterocycles. The minimum Gasteiger partial charge on any atom is -0.755 e. The van der Waals surface area contributed by atoms with E-state index in [1.165, 1.54) is 6.07 Å². The lowest BCUT2D eigenvalue weighted by Crippen LogP contribution is -2.42. The number of carboxylic acid groups (broad SMARTS) is 1. The van der Waals surface area contributed by atoms with E-state index in [1.54, 1.807) is 43.5 Å². The molecule has 0 aliphatic carbocycles. The number of urea groups is 1. The highest BCUT2D eigenvalue weighted by Crippen LogP contribution is 2.33. The van der Waals surface area contributed by atoms with Crippen molar-refractivity contribution in [3.63, 3.8) is 0 Å². The van der Waals surface area contributed by atoms with Gasteiger partial charge in [-0.25, -0.2) is 9.59 Å². The van der Waals surface area contributed by atoms with E-state index in [2.05, 4.69) is 10.6 Å². The van der Waals surface area contributed by atoms with Crippen LogP contribution in [0.1, 0.15) is 19.3 Å². The number of carboxylic acids is 1. The minimum atomic E-state index is -2.83. The van der Waals surface area contributed by atoms with Gasteiger partial charge >= 0.3 is 12.0 Å². The first kappa shape index (κ1) is 26.0. The Labute approximate surface area is 215 Å². The fraction of sp³-hybridized carbons (Fsp3) is 0.231. The average molecular weight is 525 g/mol. The van der Waals surface area contributed by atoms with Crippen molar-refractivity contribution in [2.75, 3.05) is 23.3 Å². The van der Waals surface area contributed by atoms with Gasteiger partial charge in [-0.2, -0.15) is 0 Å². The molecular formula is C26H26N3O7S-. The number of amides is 2. The SMILES string of the molecule is COc1ccc(NC(=O)NCCCCC(C(=O)O)N(c2ccc3oc4ccccc4c3c2)S(=O)[O-])cc1. The summed E-state index contributed by atoms with van der Waals surface area (Å²) in [5.41, 5.74) is 2.06. The molecule has 2 amide bonds. The highest BCUT2D eigenvalue weighted by atomic mass is 32.2. The Kier molecular flexibility index (Phi) is 8.26. The molecule has 37 heavy (non-hydrogen) atoms. The molecule has 1 heterocycles. The van der Waals surface area contributed by atoms with E-state index >= 15 is 0 Å². The smallest absolute Gasteiger partial charge is 0.327 e. The number of hydrogen-bond acceptors (Lipinski definition) is 6. The molecular weight excluding hydrogens is 498 g/mol. The first-order valence-electron chi connectivity index (χ1n) is 11.6. The summed E-state index contributed by atoms with van der Waals surface area (Å²) in [7, 11) is 1.55. The van der Waals surface area contributed by atoms with Crippen LogP contribution in [0.2, 0.25) is 0 Å². The van der Waals surface area contributed by atoms with Crippen LogP contribution in [0.25, 0.3) is 21.9 Å². The molecule has 3 aromatic carbocycles. The second-order valence-electron chi connectivity index (χ2n) is 8.28. The second-order valence-corrected chi connectivity index (χ2v) is 9.11. The van der Waals surface area contributed by atoms with E-state index < -0.39 is 29.3 Å². The first-order chi connectivity index (χ1) is 17.9. The number of nitrogens with zero attached hydrogens (tertiary/aromatic N) is 1. The lowest BCUT2D eigenvalue weighted by molar-refractivity contribution is -0.138. The Bertz CT molecular complexity index is 1420. The Hall–Kier alpha value is -4.09. The third-order valence-corrected chi connectivity index (χ3v) is 6.67. The van der Waals surface area contributed by atoms with Gasteiger partial charge in [0, 0.05) is 34.3 Å². The number of methoxy groups -OCH3 is 1. The topological polar surface area (TPSA) is 144 Å². The lowest BCUT2D eigenvalue weighted by atomic mass is 10.1. The average Bonchev–Trinajstić information content (AvgIpc) is 3.26. The van der Waals surface area contributed by atoms with E-state index in [4.69, 9.17) is 9.15 Å². The van der Waals surface area contributed by atoms with Crippen LogP contribution in [0.5, 0.6) is 5.75 Å². The number of hydrogen-bond donors (Lipinski definition) is 3. The van der Waals surface area contributed by atoms with Crippen molar-refractivity contribution in [3.8, 4) is 5.75 Å². The van der Waals surface area contributed by atoms with Gasteiger partial charge in [-0.05, 0) is 67.8 Å². The second kappa shape index (κ2) is 11.8. The number of carbonyl (C=O) groups is 2. The zero-order chi connectivity index (χ0) is 26.4. The van der Waals surface area contributed by atoms with Gasteiger partial charge in [0.1, 0.15) is 23.0 Å². The molecule has 0 bridgehead atoms. The van der Waals surface area contributed by atoms with Crippen LogP contribution in [-0.4, -0.2) is 45.6 Å². The van der Waals surface area contributed by atoms with E-state index in [-0.39, 0.29) is 12.1 Å². The molecule has 194 valence electrons. The number of ether oxygens (including phenoxy) is 1. The Morgan fingerprint density at radius 1 is 1.05 bits per heavy atom. The van der Waals surface area contributed by atoms with Gasteiger partial charge in [0.05, 0.1) is 12.8 Å². The summed E-state index contributed by atoms with van der Waals surface area (Å²) in [6, 6.07) is 17.3. The predicted molar refractivity (Wildman–Crippen MR) is 140 cm³/mol. The predicted octanol–water partition coefficient (Wildman–Crippen LogP) is 4.64. The molecule has 4 aromatic rings. The van der Waals surface area contributed by atoms with Crippen LogP contribution in [0, 0.1) is 0 Å². The van der Waals surface area contributed by atoms with Crippen LogP contribution < -0.4 is 19.7 Å². The van der Waals surface area contributed by atoms with Gasteiger partial charge in [-0.15, -0.1) is 0 Å². The van der Waals surface area contributed by atoms with Gasteiger partial charge in [0.15, 0.2) is 0 Å². The number of furan rings is 1. The summed E-state index contributed by atoms with van der Waals surface area (Å²) in [6.45, 7) is 0.293. The summed E-state index contributed by atoms with van der Waals surface area (Å²) in [5, 5.41) is 16.7. The normalized spacial score (nSPS) is 12.7. The van der Waals surface area contributed by atoms with Crippen LogP contribution >= 0.6 is 0 Å². The number of aliphatic carboxylic acids is 1. The van der Waals surface area contributed by atoms with Crippen LogP contribution in [0.15, 0.2) is 71.1 Å². The van der Waals surface area contributed by atoms with E-state index in [0.29, 0.717) is 47.4 Å². The highest BCUT2D eigenvalue weighted by Gasteiger charge is 2.27. The minimum absolute atomic E-state index is 0.0647. The maximum absolute atomic E-state index is 12.1. The Balaban J connectivity index is 1.37. The number of nitrogens with one attached hydrogen (secondary N) is 2. The van der Waals surface area contributed by atoms with Crippen molar-refractivity contribution in [2.24, 2.45) is 0 Å². The summed E-state index contributed by atoms with van der Waals surface area (Å²) < 4.78 is 36.0. The Morgan fingerprint density at radius 2 is 1.78 bits per heavy atom. The zero-order valence-electron chi connectivity index (χ0n) is 20.0. The van der Waals surface area contributed by atoms with Gasteiger partial charge in [0.25, 0.3) is 0 Å². The van der Waals surface area contributed by atoms with Crippen molar-refractivity contribution in [2.45, 2.75) is 25.3 Å². The molecule has 4 rings (SSSR count). The standard InChI is InChI=1S/C26H27N3O7S/c1-35-19-12-9-17(10-13-19)28-26(32)27-15-5-4-7-22(25(30)31)29(37(33)34)18-11-14-24-21(16-18)20-6-2-3-8-23(20)36-24/h2-3,6,8-14,16,22H,4-5,7,15H2,1H3,(H,30,31)(H,33,34)(H2,27,28,32)/p-1. The summed E-state index contributed by atoms with van der Waals surface area (Å²) in [5.74, 6) is -0.586. The molecule has 3 N–H and O–H groups in total. The largest absolute Gasteiger partial charge is 0.755 e. The fourth-order valence-electron chi connectivity index (χ4n) is 4.08. The van der Waals surface area contributed by atoms with Crippen molar-refractivity contribution in [1.29, 1.82) is 0 Å². The van der Waals surface area contributed by atoms with Gasteiger partial charge < -0.3 is 29.4 Å². The molecule has 2 atom stereocenters. The molecule has 2 unspecified atom stereocenters. The third kappa shape index (κ3) is 6.19. The zero-order valence-corrected chi connectivity index (χ0v) is 20.8. The molecule has 0 aliphatic heterocycles. The number of rotatable bonds is 11. The van der Waals surface area contributed by atoms with E-state index in [9.17, 15) is 23.5 Å². The maximum Gasteiger partial charge on any atom is 0.327 e. The molecule has 0 aliphatic rings. The van der Waals surface area contributed by atoms with Crippen LogP contribution in [-0.2, 0) is 16.1 Å². The number of unbranched alkanes of at least 4 members (excludes halogenated alkanes) is 1. The quantitative estimate of drug-likeness (QED) is 0.191. The third-order valence-electron chi connectivity index (χ3n) is 5.88. The van der Waals surface area contributed by atoms with Crippen molar-refractivity contribution < 1.29 is 32.6 Å². The molecule has 0 spiro atoms. The molecule has 0 saturated heterocycles. The number of anilines is 2. The van der Waals surface area contributed by atoms with E-state index in [0.717, 1.165) is 9.69 Å².